The molecule has 1 amide bonds. The second-order valence-corrected chi connectivity index (χ2v) is 6.70. The maximum Gasteiger partial charge on any atom is 0.269 e. The third-order valence-corrected chi connectivity index (χ3v) is 5.51. The Morgan fingerprint density at radius 1 is 1.18 bits per heavy atom. The zero-order valence-corrected chi connectivity index (χ0v) is 12.9. The number of hydrogen-bond acceptors (Lipinski definition) is 3. The average molecular weight is 298 g/mol. The largest absolute Gasteiger partial charge is 0.364 e. The topological polar surface area (TPSA) is 64.2 Å². The zero-order valence-electron chi connectivity index (χ0n) is 12.9. The van der Waals surface area contributed by atoms with Gasteiger partial charge in [-0.3, -0.25) is 9.48 Å². The lowest BCUT2D eigenvalue weighted by atomic mass is 9.82. The highest BCUT2D eigenvalue weighted by Crippen LogP contribution is 2.39. The molecule has 5 heteroatoms. The Bertz CT molecular complexity index is 709. The van der Waals surface area contributed by atoms with E-state index >= 15 is 0 Å². The molecule has 1 aromatic heterocycles. The van der Waals surface area contributed by atoms with E-state index in [0.29, 0.717) is 23.8 Å². The minimum Gasteiger partial charge on any atom is -0.364 e. The van der Waals surface area contributed by atoms with Crippen LogP contribution in [0.2, 0.25) is 0 Å². The maximum absolute atomic E-state index is 11.7. The number of primary amides is 1. The summed E-state index contributed by atoms with van der Waals surface area (Å²) in [5, 5.41) is 5.46. The molecule has 2 atom stereocenters. The van der Waals surface area contributed by atoms with Gasteiger partial charge in [0.1, 0.15) is 0 Å². The molecule has 0 aliphatic carbocycles. The molecular weight excluding hydrogens is 276 g/mol. The first-order valence-electron chi connectivity index (χ1n) is 8.14. The molecule has 116 valence electrons. The summed E-state index contributed by atoms with van der Waals surface area (Å²) < 4.78 is 2.06. The predicted octanol–water partition coefficient (Wildman–Crippen LogP) is 2.32. The second kappa shape index (κ2) is 5.09. The second-order valence-electron chi connectivity index (χ2n) is 6.70. The number of aromatic nitrogens is 2. The molecule has 2 aromatic rings. The molecule has 0 saturated carbocycles. The number of amides is 1. The summed E-state index contributed by atoms with van der Waals surface area (Å²) in [7, 11) is 2.25. The number of rotatable bonds is 2. The number of para-hydroxylation sites is 1. The van der Waals surface area contributed by atoms with Crippen LogP contribution in [0.1, 0.15) is 48.6 Å². The van der Waals surface area contributed by atoms with Crippen LogP contribution in [-0.4, -0.2) is 39.7 Å². The minimum atomic E-state index is -0.442. The molecule has 2 aliphatic heterocycles. The lowest BCUT2D eigenvalue weighted by molar-refractivity contribution is 0.0379. The van der Waals surface area contributed by atoms with E-state index in [0.717, 1.165) is 23.7 Å². The molecular formula is C17H22N4O. The molecule has 2 saturated heterocycles. The van der Waals surface area contributed by atoms with Crippen LogP contribution in [0.3, 0.4) is 0 Å². The molecule has 5 nitrogen and oxygen atoms in total. The van der Waals surface area contributed by atoms with Crippen molar-refractivity contribution in [1.29, 1.82) is 0 Å². The summed E-state index contributed by atoms with van der Waals surface area (Å²) in [5.74, 6) is -0.442. The van der Waals surface area contributed by atoms with Crippen molar-refractivity contribution < 1.29 is 4.79 Å². The molecule has 1 aromatic carbocycles. The zero-order chi connectivity index (χ0) is 15.3. The molecule has 3 heterocycles. The van der Waals surface area contributed by atoms with E-state index in [1.165, 1.54) is 19.3 Å². The van der Waals surface area contributed by atoms with Crippen LogP contribution < -0.4 is 5.73 Å². The fourth-order valence-electron chi connectivity index (χ4n) is 4.34. The Morgan fingerprint density at radius 2 is 1.86 bits per heavy atom. The molecule has 22 heavy (non-hydrogen) atoms. The van der Waals surface area contributed by atoms with E-state index in [1.54, 1.807) is 0 Å². The van der Waals surface area contributed by atoms with Gasteiger partial charge in [0, 0.05) is 17.5 Å². The minimum absolute atomic E-state index is 0.365. The van der Waals surface area contributed by atoms with Crippen LogP contribution in [0.15, 0.2) is 24.3 Å². The number of carbonyl (C=O) groups is 1. The first-order chi connectivity index (χ1) is 10.6. The Balaban J connectivity index is 1.77. The monoisotopic (exact) mass is 298 g/mol. The van der Waals surface area contributed by atoms with Gasteiger partial charge in [-0.2, -0.15) is 5.10 Å². The summed E-state index contributed by atoms with van der Waals surface area (Å²) in [6.07, 6.45) is 6.09. The van der Waals surface area contributed by atoms with Gasteiger partial charge < -0.3 is 10.6 Å². The normalized spacial score (nSPS) is 28.9. The number of nitrogens with two attached hydrogens (primary N) is 1. The summed E-state index contributed by atoms with van der Waals surface area (Å²) in [4.78, 5) is 14.2. The predicted molar refractivity (Wildman–Crippen MR) is 85.7 cm³/mol. The van der Waals surface area contributed by atoms with Crippen LogP contribution in [0.25, 0.3) is 10.9 Å². The smallest absolute Gasteiger partial charge is 0.269 e. The average Bonchev–Trinajstić information content (AvgIpc) is 2.87. The third kappa shape index (κ3) is 2.03. The molecule has 4 rings (SSSR count). The van der Waals surface area contributed by atoms with Gasteiger partial charge in [-0.15, -0.1) is 0 Å². The fourth-order valence-corrected chi connectivity index (χ4v) is 4.34. The van der Waals surface area contributed by atoms with Crippen molar-refractivity contribution in [3.8, 4) is 0 Å². The van der Waals surface area contributed by atoms with Crippen molar-refractivity contribution >= 4 is 16.8 Å². The lowest BCUT2D eigenvalue weighted by Crippen LogP contribution is -2.50. The SMILES string of the molecule is CN1C2CCCC1CC(n1nc(C(N)=O)c3ccccc31)C2. The molecule has 2 aliphatic rings. The Morgan fingerprint density at radius 3 is 2.55 bits per heavy atom. The Labute approximate surface area is 130 Å². The van der Waals surface area contributed by atoms with E-state index in [-0.39, 0.29) is 0 Å². The Kier molecular flexibility index (Phi) is 3.18. The molecule has 2 bridgehead atoms. The van der Waals surface area contributed by atoms with Crippen molar-refractivity contribution in [2.45, 2.75) is 50.2 Å². The van der Waals surface area contributed by atoms with Gasteiger partial charge in [-0.25, -0.2) is 0 Å². The lowest BCUT2D eigenvalue weighted by Gasteiger charge is -2.47. The van der Waals surface area contributed by atoms with E-state index in [4.69, 9.17) is 5.73 Å². The number of hydrogen-bond donors (Lipinski definition) is 1. The molecule has 2 N–H and O–H groups in total. The van der Waals surface area contributed by atoms with E-state index in [9.17, 15) is 4.79 Å². The molecule has 2 fully saturated rings. The molecule has 0 radical (unpaired) electrons. The molecule has 2 unspecified atom stereocenters. The quantitative estimate of drug-likeness (QED) is 0.925. The summed E-state index contributed by atoms with van der Waals surface area (Å²) in [6.45, 7) is 0. The van der Waals surface area contributed by atoms with Crippen molar-refractivity contribution in [1.82, 2.24) is 14.7 Å². The van der Waals surface area contributed by atoms with Crippen molar-refractivity contribution in [2.75, 3.05) is 7.05 Å². The highest BCUT2D eigenvalue weighted by Gasteiger charge is 2.37. The highest BCUT2D eigenvalue weighted by atomic mass is 16.1. The number of nitrogens with zero attached hydrogens (tertiary/aromatic N) is 3. The Hall–Kier alpha value is -1.88. The third-order valence-electron chi connectivity index (χ3n) is 5.51. The van der Waals surface area contributed by atoms with Gasteiger partial charge in [-0.1, -0.05) is 24.6 Å². The van der Waals surface area contributed by atoms with Gasteiger partial charge in [0.05, 0.1) is 11.6 Å². The van der Waals surface area contributed by atoms with Gasteiger partial charge in [0.2, 0.25) is 0 Å². The van der Waals surface area contributed by atoms with Crippen LogP contribution >= 0.6 is 0 Å². The number of carbonyl (C=O) groups excluding carboxylic acids is 1. The maximum atomic E-state index is 11.7. The van der Waals surface area contributed by atoms with Gasteiger partial charge in [-0.05, 0) is 38.8 Å². The standard InChI is InChI=1S/C17H22N4O/c1-20-11-5-4-6-12(20)10-13(9-11)21-15-8-3-2-7-14(15)16(19-21)17(18)22/h2-3,7-8,11-13H,4-6,9-10H2,1H3,(H2,18,22). The van der Waals surface area contributed by atoms with Crippen molar-refractivity contribution in [3.63, 3.8) is 0 Å². The summed E-state index contributed by atoms with van der Waals surface area (Å²) in [5.41, 5.74) is 6.95. The number of benzene rings is 1. The van der Waals surface area contributed by atoms with Crippen LogP contribution in [0.4, 0.5) is 0 Å². The number of piperidine rings is 2. The van der Waals surface area contributed by atoms with Gasteiger partial charge in [0.15, 0.2) is 5.69 Å². The van der Waals surface area contributed by atoms with Crippen molar-refractivity contribution in [3.05, 3.63) is 30.0 Å². The van der Waals surface area contributed by atoms with Gasteiger partial charge in [0.25, 0.3) is 5.91 Å². The first-order valence-corrected chi connectivity index (χ1v) is 8.14. The van der Waals surface area contributed by atoms with Crippen LogP contribution in [0.5, 0.6) is 0 Å². The van der Waals surface area contributed by atoms with E-state index < -0.39 is 5.91 Å². The summed E-state index contributed by atoms with van der Waals surface area (Å²) >= 11 is 0. The van der Waals surface area contributed by atoms with Crippen LogP contribution in [-0.2, 0) is 0 Å². The van der Waals surface area contributed by atoms with Gasteiger partial charge >= 0.3 is 0 Å². The summed E-state index contributed by atoms with van der Waals surface area (Å²) in [6, 6.07) is 9.56. The first kappa shape index (κ1) is 13.8. The van der Waals surface area contributed by atoms with E-state index in [2.05, 4.69) is 21.7 Å². The van der Waals surface area contributed by atoms with Crippen molar-refractivity contribution in [2.24, 2.45) is 5.73 Å². The molecule has 0 spiro atoms. The highest BCUT2D eigenvalue weighted by molar-refractivity contribution is 6.04. The number of fused-ring (bicyclic) bond motifs is 3. The van der Waals surface area contributed by atoms with E-state index in [1.807, 2.05) is 24.3 Å². The fraction of sp³-hybridized carbons (Fsp3) is 0.529. The van der Waals surface area contributed by atoms with Crippen LogP contribution in [0, 0.1) is 0 Å².